The first-order valence-electron chi connectivity index (χ1n) is 7.30. The molecule has 7 nitrogen and oxygen atoms in total. The maximum Gasteiger partial charge on any atom is 0.269 e. The molecule has 1 aromatic rings. The monoisotopic (exact) mass is 314 g/mol. The van der Waals surface area contributed by atoms with Crippen LogP contribution in [0, 0.1) is 22.0 Å². The van der Waals surface area contributed by atoms with E-state index in [1.165, 1.54) is 24.3 Å². The summed E-state index contributed by atoms with van der Waals surface area (Å²) < 4.78 is 5.92. The Morgan fingerprint density at radius 3 is 1.96 bits per heavy atom. The predicted molar refractivity (Wildman–Crippen MR) is 79.6 cm³/mol. The lowest BCUT2D eigenvalue weighted by molar-refractivity contribution is -0.384. The second-order valence-electron chi connectivity index (χ2n) is 6.54. The molecule has 2 bridgehead atoms. The molecule has 0 N–H and O–H groups in total. The Kier molecular flexibility index (Phi) is 2.48. The molecule has 4 rings (SSSR count). The van der Waals surface area contributed by atoms with Crippen molar-refractivity contribution in [3.63, 3.8) is 0 Å². The first-order chi connectivity index (χ1) is 10.8. The molecule has 3 aliphatic rings. The fourth-order valence-corrected chi connectivity index (χ4v) is 4.01. The minimum Gasteiger partial charge on any atom is -0.359 e. The van der Waals surface area contributed by atoms with E-state index in [2.05, 4.69) is 0 Å². The minimum atomic E-state index is -0.776. The van der Waals surface area contributed by atoms with E-state index in [9.17, 15) is 19.7 Å². The van der Waals surface area contributed by atoms with Crippen LogP contribution in [0.15, 0.2) is 36.4 Å². The number of benzene rings is 1. The molecule has 2 fully saturated rings. The largest absolute Gasteiger partial charge is 0.359 e. The van der Waals surface area contributed by atoms with Crippen LogP contribution in [-0.4, -0.2) is 27.9 Å². The van der Waals surface area contributed by atoms with E-state index in [0.717, 1.165) is 4.90 Å². The number of rotatable bonds is 2. The number of nitro groups is 1. The van der Waals surface area contributed by atoms with Crippen LogP contribution in [-0.2, 0) is 14.3 Å². The highest BCUT2D eigenvalue weighted by atomic mass is 16.6. The summed E-state index contributed by atoms with van der Waals surface area (Å²) in [4.78, 5) is 37.0. The molecule has 23 heavy (non-hydrogen) atoms. The van der Waals surface area contributed by atoms with Gasteiger partial charge in [-0.1, -0.05) is 12.2 Å². The smallest absolute Gasteiger partial charge is 0.269 e. The van der Waals surface area contributed by atoms with E-state index in [-0.39, 0.29) is 17.5 Å². The molecule has 4 atom stereocenters. The van der Waals surface area contributed by atoms with E-state index < -0.39 is 28.0 Å². The van der Waals surface area contributed by atoms with Crippen LogP contribution in [0.4, 0.5) is 11.4 Å². The number of anilines is 1. The van der Waals surface area contributed by atoms with Gasteiger partial charge in [-0.05, 0) is 26.0 Å². The molecule has 7 heteroatoms. The molecule has 1 aromatic carbocycles. The first-order valence-corrected chi connectivity index (χ1v) is 7.30. The molecular weight excluding hydrogens is 300 g/mol. The van der Waals surface area contributed by atoms with E-state index in [1.807, 2.05) is 26.0 Å². The number of hydrogen-bond donors (Lipinski definition) is 0. The Balaban J connectivity index is 1.75. The fraction of sp³-hybridized carbons (Fsp3) is 0.375. The van der Waals surface area contributed by atoms with Crippen LogP contribution in [0.2, 0.25) is 0 Å². The number of imide groups is 1. The van der Waals surface area contributed by atoms with E-state index in [1.54, 1.807) is 0 Å². The van der Waals surface area contributed by atoms with Gasteiger partial charge in [0, 0.05) is 12.1 Å². The number of hydrogen-bond acceptors (Lipinski definition) is 5. The third-order valence-electron chi connectivity index (χ3n) is 5.05. The number of non-ortho nitro benzene ring substituents is 1. The highest BCUT2D eigenvalue weighted by Gasteiger charge is 2.70. The standard InChI is InChI=1S/C16H14N2O5/c1-15-7-8-16(2,23-15)12-11(15)13(19)17(14(12)20)9-3-5-10(6-4-9)18(21)22/h3-8,11-12H,1-2H3/t11-,12+,15+,16-. The maximum absolute atomic E-state index is 12.8. The Labute approximate surface area is 131 Å². The van der Waals surface area contributed by atoms with E-state index >= 15 is 0 Å². The summed E-state index contributed by atoms with van der Waals surface area (Å²) in [6.45, 7) is 3.62. The van der Waals surface area contributed by atoms with Crippen molar-refractivity contribution in [3.05, 3.63) is 46.5 Å². The summed E-state index contributed by atoms with van der Waals surface area (Å²) in [5, 5.41) is 10.7. The van der Waals surface area contributed by atoms with Gasteiger partial charge in [-0.3, -0.25) is 19.7 Å². The third-order valence-corrected chi connectivity index (χ3v) is 5.05. The summed E-state index contributed by atoms with van der Waals surface area (Å²) in [7, 11) is 0. The van der Waals surface area contributed by atoms with Gasteiger partial charge in [-0.25, -0.2) is 4.90 Å². The van der Waals surface area contributed by atoms with Crippen LogP contribution in [0.1, 0.15) is 13.8 Å². The normalized spacial score (nSPS) is 37.6. The maximum atomic E-state index is 12.8. The summed E-state index contributed by atoms with van der Waals surface area (Å²) in [5.41, 5.74) is -1.28. The van der Waals surface area contributed by atoms with Gasteiger partial charge in [0.05, 0.1) is 33.6 Å². The van der Waals surface area contributed by atoms with E-state index in [4.69, 9.17) is 4.74 Å². The van der Waals surface area contributed by atoms with Crippen molar-refractivity contribution in [3.8, 4) is 0 Å². The minimum absolute atomic E-state index is 0.0861. The highest BCUT2D eigenvalue weighted by Crippen LogP contribution is 2.57. The van der Waals surface area contributed by atoms with Crippen LogP contribution >= 0.6 is 0 Å². The van der Waals surface area contributed by atoms with Crippen molar-refractivity contribution >= 4 is 23.2 Å². The second-order valence-corrected chi connectivity index (χ2v) is 6.54. The molecule has 0 spiro atoms. The van der Waals surface area contributed by atoms with Gasteiger partial charge in [-0.15, -0.1) is 0 Å². The van der Waals surface area contributed by atoms with Crippen LogP contribution in [0.3, 0.4) is 0 Å². The molecular formula is C16H14N2O5. The van der Waals surface area contributed by atoms with Crippen molar-refractivity contribution in [2.24, 2.45) is 11.8 Å². The number of fused-ring (bicyclic) bond motifs is 5. The van der Waals surface area contributed by atoms with Gasteiger partial charge in [0.25, 0.3) is 5.69 Å². The number of carbonyl (C=O) groups is 2. The van der Waals surface area contributed by atoms with Gasteiger partial charge in [0.15, 0.2) is 0 Å². The number of carbonyl (C=O) groups excluding carboxylic acids is 2. The quantitative estimate of drug-likeness (QED) is 0.359. The number of nitro benzene ring substituents is 1. The molecule has 2 amide bonds. The van der Waals surface area contributed by atoms with Crippen LogP contribution < -0.4 is 4.90 Å². The van der Waals surface area contributed by atoms with Gasteiger partial charge in [0.1, 0.15) is 0 Å². The van der Waals surface area contributed by atoms with Crippen molar-refractivity contribution < 1.29 is 19.2 Å². The van der Waals surface area contributed by atoms with Crippen LogP contribution in [0.25, 0.3) is 0 Å². The average molecular weight is 314 g/mol. The van der Waals surface area contributed by atoms with Crippen molar-refractivity contribution in [1.82, 2.24) is 0 Å². The van der Waals surface area contributed by atoms with Gasteiger partial charge >= 0.3 is 0 Å². The number of nitrogens with zero attached hydrogens (tertiary/aromatic N) is 2. The predicted octanol–water partition coefficient (Wildman–Crippen LogP) is 1.82. The lowest BCUT2D eigenvalue weighted by atomic mass is 9.73. The Hall–Kier alpha value is -2.54. The molecule has 3 aliphatic heterocycles. The van der Waals surface area contributed by atoms with Crippen LogP contribution in [0.5, 0.6) is 0 Å². The van der Waals surface area contributed by atoms with Gasteiger partial charge in [0.2, 0.25) is 11.8 Å². The fourth-order valence-electron chi connectivity index (χ4n) is 4.01. The van der Waals surface area contributed by atoms with Gasteiger partial charge < -0.3 is 4.74 Å². The molecule has 0 radical (unpaired) electrons. The molecule has 3 heterocycles. The SMILES string of the molecule is C[C@]12C=C[C@](C)(O1)[C@H]1C(=O)N(c3ccc([N+](=O)[O-])cc3)C(=O)[C@H]12. The second kappa shape index (κ2) is 4.05. The molecule has 0 unspecified atom stereocenters. The van der Waals surface area contributed by atoms with Crippen molar-refractivity contribution in [1.29, 1.82) is 0 Å². The van der Waals surface area contributed by atoms with Crippen molar-refractivity contribution in [2.75, 3.05) is 4.90 Å². The third kappa shape index (κ3) is 1.62. The topological polar surface area (TPSA) is 89.8 Å². The lowest BCUT2D eigenvalue weighted by Crippen LogP contribution is -2.39. The Morgan fingerprint density at radius 2 is 1.52 bits per heavy atom. The first kappa shape index (κ1) is 14.1. The number of ether oxygens (including phenoxy) is 1. The summed E-state index contributed by atoms with van der Waals surface area (Å²) in [6, 6.07) is 5.43. The zero-order chi connectivity index (χ0) is 16.6. The van der Waals surface area contributed by atoms with Gasteiger partial charge in [-0.2, -0.15) is 0 Å². The zero-order valence-corrected chi connectivity index (χ0v) is 12.6. The van der Waals surface area contributed by atoms with Crippen molar-refractivity contribution in [2.45, 2.75) is 25.0 Å². The summed E-state index contributed by atoms with van der Waals surface area (Å²) in [5.74, 6) is -1.74. The molecule has 0 aromatic heterocycles. The Morgan fingerprint density at radius 1 is 1.04 bits per heavy atom. The number of amides is 2. The molecule has 0 aliphatic carbocycles. The summed E-state index contributed by atoms with van der Waals surface area (Å²) in [6.07, 6.45) is 3.69. The Bertz CT molecular complexity index is 750. The highest BCUT2D eigenvalue weighted by molar-refractivity contribution is 6.23. The average Bonchev–Trinajstić information content (AvgIpc) is 3.04. The zero-order valence-electron chi connectivity index (χ0n) is 12.6. The summed E-state index contributed by atoms with van der Waals surface area (Å²) >= 11 is 0. The molecule has 118 valence electrons. The van der Waals surface area contributed by atoms with E-state index in [0.29, 0.717) is 5.69 Å². The lowest BCUT2D eigenvalue weighted by Gasteiger charge is -2.25. The molecule has 0 saturated carbocycles. The molecule has 2 saturated heterocycles.